The van der Waals surface area contributed by atoms with Crippen LogP contribution in [0.2, 0.25) is 0 Å². The maximum absolute atomic E-state index is 11.5. The normalized spacial score (nSPS) is 19.6. The highest BCUT2D eigenvalue weighted by atomic mass is 32.1. The van der Waals surface area contributed by atoms with Crippen LogP contribution in [0.4, 0.5) is 5.69 Å². The number of hydrogen-bond donors (Lipinski definition) is 2. The van der Waals surface area contributed by atoms with Crippen LogP contribution in [0.25, 0.3) is 0 Å². The fourth-order valence-electron chi connectivity index (χ4n) is 2.33. The van der Waals surface area contributed by atoms with Crippen LogP contribution in [0.3, 0.4) is 0 Å². The van der Waals surface area contributed by atoms with E-state index in [1.54, 1.807) is 6.20 Å². The molecule has 0 bridgehead atoms. The van der Waals surface area contributed by atoms with Crippen LogP contribution in [-0.2, 0) is 4.79 Å². The third-order valence-corrected chi connectivity index (χ3v) is 3.35. The quantitative estimate of drug-likeness (QED) is 0.779. The Bertz CT molecular complexity index is 477. The molecule has 0 aromatic carbocycles. The summed E-state index contributed by atoms with van der Waals surface area (Å²) in [7, 11) is 0. The van der Waals surface area contributed by atoms with Crippen molar-refractivity contribution in [3.63, 3.8) is 0 Å². The highest BCUT2D eigenvalue weighted by Crippen LogP contribution is 2.26. The highest BCUT2D eigenvalue weighted by molar-refractivity contribution is 7.80. The number of amides is 1. The van der Waals surface area contributed by atoms with Gasteiger partial charge in [-0.05, 0) is 31.4 Å². The Balaban J connectivity index is 2.39. The van der Waals surface area contributed by atoms with Crippen LogP contribution < -0.4 is 16.4 Å². The third-order valence-electron chi connectivity index (χ3n) is 3.16. The molecular formula is C12H16N4OS. The Kier molecular flexibility index (Phi) is 3.76. The molecule has 0 radical (unpaired) electrons. The van der Waals surface area contributed by atoms with E-state index in [1.807, 2.05) is 17.0 Å². The number of piperidine rings is 1. The fourth-order valence-corrected chi connectivity index (χ4v) is 2.49. The van der Waals surface area contributed by atoms with Crippen molar-refractivity contribution in [2.45, 2.75) is 25.3 Å². The summed E-state index contributed by atoms with van der Waals surface area (Å²) in [5, 5.41) is 0. The van der Waals surface area contributed by atoms with E-state index in [0.717, 1.165) is 31.5 Å². The number of primary amides is 1. The number of nitrogens with zero attached hydrogens (tertiary/aromatic N) is 2. The van der Waals surface area contributed by atoms with Crippen molar-refractivity contribution in [2.75, 3.05) is 11.4 Å². The fraction of sp³-hybridized carbons (Fsp3) is 0.417. The van der Waals surface area contributed by atoms with E-state index in [2.05, 4.69) is 4.98 Å². The summed E-state index contributed by atoms with van der Waals surface area (Å²) in [5.74, 6) is -0.313. The van der Waals surface area contributed by atoms with Gasteiger partial charge in [-0.2, -0.15) is 0 Å². The van der Waals surface area contributed by atoms with E-state index < -0.39 is 0 Å². The van der Waals surface area contributed by atoms with Crippen molar-refractivity contribution in [3.8, 4) is 0 Å². The molecule has 1 unspecified atom stereocenters. The zero-order chi connectivity index (χ0) is 13.1. The van der Waals surface area contributed by atoms with Crippen LogP contribution in [0.15, 0.2) is 18.3 Å². The number of hydrogen-bond acceptors (Lipinski definition) is 4. The standard InChI is InChI=1S/C12H16N4OS/c13-11(17)9-4-1-2-7-16(9)8-5-3-6-15-10(8)12(14)18/h3,5-6,9H,1-2,4,7H2,(H2,13,17)(H2,14,18). The highest BCUT2D eigenvalue weighted by Gasteiger charge is 2.29. The van der Waals surface area contributed by atoms with Crippen molar-refractivity contribution in [2.24, 2.45) is 11.5 Å². The second-order valence-corrected chi connectivity index (χ2v) is 4.78. The summed E-state index contributed by atoms with van der Waals surface area (Å²) < 4.78 is 0. The number of rotatable bonds is 3. The lowest BCUT2D eigenvalue weighted by Gasteiger charge is -2.36. The summed E-state index contributed by atoms with van der Waals surface area (Å²) in [6.45, 7) is 0.773. The molecule has 1 fully saturated rings. The lowest BCUT2D eigenvalue weighted by Crippen LogP contribution is -2.48. The van der Waals surface area contributed by atoms with E-state index in [-0.39, 0.29) is 16.9 Å². The third kappa shape index (κ3) is 2.43. The van der Waals surface area contributed by atoms with Gasteiger partial charge in [0, 0.05) is 12.7 Å². The Morgan fingerprint density at radius 2 is 2.22 bits per heavy atom. The number of pyridine rings is 1. The van der Waals surface area contributed by atoms with E-state index >= 15 is 0 Å². The monoisotopic (exact) mass is 264 g/mol. The SMILES string of the molecule is NC(=O)C1CCCCN1c1cccnc1C(N)=S. The van der Waals surface area contributed by atoms with Crippen LogP contribution in [0.5, 0.6) is 0 Å². The molecule has 1 aliphatic rings. The van der Waals surface area contributed by atoms with Crippen molar-refractivity contribution in [1.82, 2.24) is 4.98 Å². The second kappa shape index (κ2) is 5.30. The minimum atomic E-state index is -0.313. The van der Waals surface area contributed by atoms with Gasteiger partial charge in [-0.25, -0.2) is 0 Å². The predicted molar refractivity (Wildman–Crippen MR) is 74.3 cm³/mol. The van der Waals surface area contributed by atoms with Crippen LogP contribution in [0.1, 0.15) is 25.0 Å². The molecule has 1 aliphatic heterocycles. The molecule has 1 amide bonds. The maximum atomic E-state index is 11.5. The Morgan fingerprint density at radius 3 is 2.89 bits per heavy atom. The van der Waals surface area contributed by atoms with Gasteiger partial charge < -0.3 is 16.4 Å². The first-order valence-corrected chi connectivity index (χ1v) is 6.33. The average Bonchev–Trinajstić information content (AvgIpc) is 2.38. The zero-order valence-corrected chi connectivity index (χ0v) is 10.8. The minimum absolute atomic E-state index is 0.236. The molecule has 2 rings (SSSR count). The Hall–Kier alpha value is -1.69. The summed E-state index contributed by atoms with van der Waals surface area (Å²) in [4.78, 5) is 17.9. The summed E-state index contributed by atoms with van der Waals surface area (Å²) in [6, 6.07) is 3.39. The van der Waals surface area contributed by atoms with Gasteiger partial charge in [0.25, 0.3) is 0 Å². The zero-order valence-electron chi connectivity index (χ0n) is 10.0. The molecule has 96 valence electrons. The summed E-state index contributed by atoms with van der Waals surface area (Å²) >= 11 is 5.00. The smallest absolute Gasteiger partial charge is 0.240 e. The molecule has 2 heterocycles. The first-order valence-electron chi connectivity index (χ1n) is 5.92. The van der Waals surface area contributed by atoms with Gasteiger partial charge in [-0.15, -0.1) is 0 Å². The molecule has 6 heteroatoms. The number of anilines is 1. The van der Waals surface area contributed by atoms with E-state index in [0.29, 0.717) is 5.69 Å². The Labute approximate surface area is 111 Å². The van der Waals surface area contributed by atoms with Gasteiger partial charge in [0.05, 0.1) is 5.69 Å². The second-order valence-electron chi connectivity index (χ2n) is 4.34. The van der Waals surface area contributed by atoms with Crippen molar-refractivity contribution >= 4 is 28.8 Å². The number of carbonyl (C=O) groups excluding carboxylic acids is 1. The molecule has 1 atom stereocenters. The van der Waals surface area contributed by atoms with Gasteiger partial charge in [0.2, 0.25) is 5.91 Å². The molecule has 0 spiro atoms. The molecule has 18 heavy (non-hydrogen) atoms. The molecule has 0 saturated carbocycles. The van der Waals surface area contributed by atoms with Crippen LogP contribution in [0, 0.1) is 0 Å². The number of nitrogens with two attached hydrogens (primary N) is 2. The number of carbonyl (C=O) groups is 1. The first kappa shape index (κ1) is 12.8. The van der Waals surface area contributed by atoms with Gasteiger partial charge in [0.1, 0.15) is 16.7 Å². The Morgan fingerprint density at radius 1 is 1.44 bits per heavy atom. The average molecular weight is 264 g/mol. The predicted octanol–water partition coefficient (Wildman–Crippen LogP) is 0.560. The molecular weight excluding hydrogens is 248 g/mol. The van der Waals surface area contributed by atoms with Gasteiger partial charge in [0.15, 0.2) is 0 Å². The molecule has 0 aliphatic carbocycles. The summed E-state index contributed by atoms with van der Waals surface area (Å²) in [6.07, 6.45) is 4.43. The minimum Gasteiger partial charge on any atom is -0.388 e. The van der Waals surface area contributed by atoms with E-state index in [4.69, 9.17) is 23.7 Å². The largest absolute Gasteiger partial charge is 0.388 e. The van der Waals surface area contributed by atoms with Crippen LogP contribution in [-0.4, -0.2) is 28.5 Å². The van der Waals surface area contributed by atoms with E-state index in [9.17, 15) is 4.79 Å². The van der Waals surface area contributed by atoms with Gasteiger partial charge in [-0.1, -0.05) is 12.2 Å². The summed E-state index contributed by atoms with van der Waals surface area (Å²) in [5.41, 5.74) is 12.5. The molecule has 1 aromatic rings. The first-order chi connectivity index (χ1) is 8.61. The van der Waals surface area contributed by atoms with Crippen molar-refractivity contribution < 1.29 is 4.79 Å². The number of aromatic nitrogens is 1. The topological polar surface area (TPSA) is 85.2 Å². The maximum Gasteiger partial charge on any atom is 0.240 e. The molecule has 5 nitrogen and oxygen atoms in total. The molecule has 4 N–H and O–H groups in total. The van der Waals surface area contributed by atoms with Gasteiger partial charge in [-0.3, -0.25) is 9.78 Å². The lowest BCUT2D eigenvalue weighted by molar-refractivity contribution is -0.119. The van der Waals surface area contributed by atoms with Crippen molar-refractivity contribution in [1.29, 1.82) is 0 Å². The van der Waals surface area contributed by atoms with Gasteiger partial charge >= 0.3 is 0 Å². The lowest BCUT2D eigenvalue weighted by atomic mass is 10.0. The van der Waals surface area contributed by atoms with E-state index in [1.165, 1.54) is 0 Å². The molecule has 1 saturated heterocycles. The van der Waals surface area contributed by atoms with Crippen LogP contribution >= 0.6 is 12.2 Å². The van der Waals surface area contributed by atoms with Crippen molar-refractivity contribution in [3.05, 3.63) is 24.0 Å². The number of thiocarbonyl (C=S) groups is 1. The molecule has 1 aromatic heterocycles.